The van der Waals surface area contributed by atoms with Crippen LogP contribution in [0.2, 0.25) is 0 Å². The van der Waals surface area contributed by atoms with Crippen molar-refractivity contribution < 1.29 is 9.47 Å². The van der Waals surface area contributed by atoms with E-state index in [4.69, 9.17) is 9.47 Å². The zero-order valence-corrected chi connectivity index (χ0v) is 12.7. The van der Waals surface area contributed by atoms with Crippen molar-refractivity contribution in [1.29, 1.82) is 0 Å². The third-order valence-corrected chi connectivity index (χ3v) is 3.38. The molecule has 108 valence electrons. The van der Waals surface area contributed by atoms with Crippen molar-refractivity contribution in [2.45, 2.75) is 46.5 Å². The molecule has 0 aromatic heterocycles. The minimum absolute atomic E-state index is 0.788. The normalized spacial score (nSPS) is 14.2. The fourth-order valence-electron chi connectivity index (χ4n) is 2.26. The summed E-state index contributed by atoms with van der Waals surface area (Å²) in [6.45, 7) is 7.15. The number of ether oxygens (including phenoxy) is 2. The van der Waals surface area contributed by atoms with Crippen LogP contribution in [0.3, 0.4) is 0 Å². The molecule has 0 spiro atoms. The fraction of sp³-hybridized carbons (Fsp3) is 0.444. The highest BCUT2D eigenvalue weighted by atomic mass is 16.5. The summed E-state index contributed by atoms with van der Waals surface area (Å²) in [7, 11) is 0. The van der Waals surface area contributed by atoms with E-state index in [-0.39, 0.29) is 0 Å². The molecule has 0 amide bonds. The number of allylic oxidation sites excluding steroid dienone is 3. The van der Waals surface area contributed by atoms with Crippen LogP contribution in [0.15, 0.2) is 41.7 Å². The number of fused-ring (bicyclic) bond motifs is 1. The fourth-order valence-corrected chi connectivity index (χ4v) is 2.26. The Morgan fingerprint density at radius 1 is 1.30 bits per heavy atom. The number of aryl methyl sites for hydroxylation is 1. The molecule has 1 aromatic rings. The van der Waals surface area contributed by atoms with Crippen LogP contribution < -0.4 is 9.47 Å². The molecular formula is C18H24O2. The largest absolute Gasteiger partial charge is 0.489 e. The quantitative estimate of drug-likeness (QED) is 0.552. The summed E-state index contributed by atoms with van der Waals surface area (Å²) in [6.07, 6.45) is 8.37. The molecule has 0 fully saturated rings. The lowest BCUT2D eigenvalue weighted by Crippen LogP contribution is -2.09. The first kappa shape index (κ1) is 14.7. The van der Waals surface area contributed by atoms with Crippen molar-refractivity contribution in [2.24, 2.45) is 0 Å². The molecule has 1 aliphatic heterocycles. The second-order valence-corrected chi connectivity index (χ2v) is 5.60. The molecule has 0 radical (unpaired) electrons. The number of benzene rings is 1. The number of rotatable bonds is 5. The highest BCUT2D eigenvalue weighted by Gasteiger charge is 2.14. The van der Waals surface area contributed by atoms with E-state index in [0.29, 0.717) is 0 Å². The SMILES string of the molecule is CC(C)=CCC/C(C)=C/Oc1cccc2c1OCCC2. The zero-order chi connectivity index (χ0) is 14.4. The van der Waals surface area contributed by atoms with Crippen LogP contribution in [0.5, 0.6) is 11.5 Å². The molecule has 0 atom stereocenters. The summed E-state index contributed by atoms with van der Waals surface area (Å²) in [5.74, 6) is 1.76. The Hall–Kier alpha value is -1.70. The van der Waals surface area contributed by atoms with E-state index in [0.717, 1.165) is 43.8 Å². The molecule has 0 unspecified atom stereocenters. The molecule has 0 bridgehead atoms. The van der Waals surface area contributed by atoms with Crippen LogP contribution in [0.25, 0.3) is 0 Å². The first-order chi connectivity index (χ1) is 9.66. The van der Waals surface area contributed by atoms with Crippen LogP contribution in [0.1, 0.15) is 45.6 Å². The Morgan fingerprint density at radius 3 is 2.95 bits per heavy atom. The first-order valence-electron chi connectivity index (χ1n) is 7.37. The van der Waals surface area contributed by atoms with Gasteiger partial charge in [0.05, 0.1) is 12.9 Å². The minimum atomic E-state index is 0.788. The predicted octanol–water partition coefficient (Wildman–Crippen LogP) is 5.04. The minimum Gasteiger partial charge on any atom is -0.489 e. The van der Waals surface area contributed by atoms with Crippen LogP contribution in [-0.2, 0) is 6.42 Å². The van der Waals surface area contributed by atoms with Gasteiger partial charge in [0.15, 0.2) is 11.5 Å². The summed E-state index contributed by atoms with van der Waals surface area (Å²) in [5, 5.41) is 0. The van der Waals surface area contributed by atoms with Gasteiger partial charge in [-0.15, -0.1) is 0 Å². The zero-order valence-electron chi connectivity index (χ0n) is 12.7. The van der Waals surface area contributed by atoms with E-state index in [1.807, 2.05) is 18.4 Å². The van der Waals surface area contributed by atoms with Gasteiger partial charge < -0.3 is 9.47 Å². The van der Waals surface area contributed by atoms with Crippen molar-refractivity contribution in [1.82, 2.24) is 0 Å². The Bertz CT molecular complexity index is 508. The van der Waals surface area contributed by atoms with Gasteiger partial charge in [-0.05, 0) is 63.7 Å². The van der Waals surface area contributed by atoms with E-state index >= 15 is 0 Å². The summed E-state index contributed by atoms with van der Waals surface area (Å²) in [5.41, 5.74) is 3.87. The van der Waals surface area contributed by atoms with Crippen molar-refractivity contribution in [2.75, 3.05) is 6.61 Å². The van der Waals surface area contributed by atoms with Gasteiger partial charge in [0, 0.05) is 0 Å². The van der Waals surface area contributed by atoms with E-state index < -0.39 is 0 Å². The molecule has 2 nitrogen and oxygen atoms in total. The Kier molecular flexibility index (Phi) is 5.28. The molecule has 0 aliphatic carbocycles. The van der Waals surface area contributed by atoms with E-state index in [1.165, 1.54) is 16.7 Å². The average molecular weight is 272 g/mol. The average Bonchev–Trinajstić information content (AvgIpc) is 2.44. The monoisotopic (exact) mass is 272 g/mol. The van der Waals surface area contributed by atoms with Crippen molar-refractivity contribution in [3.63, 3.8) is 0 Å². The lowest BCUT2D eigenvalue weighted by molar-refractivity contribution is 0.274. The van der Waals surface area contributed by atoms with Gasteiger partial charge in [0.25, 0.3) is 0 Å². The van der Waals surface area contributed by atoms with Gasteiger partial charge >= 0.3 is 0 Å². The van der Waals surface area contributed by atoms with Crippen LogP contribution >= 0.6 is 0 Å². The summed E-state index contributed by atoms with van der Waals surface area (Å²) < 4.78 is 11.6. The highest BCUT2D eigenvalue weighted by Crippen LogP contribution is 2.35. The molecule has 2 rings (SSSR count). The lowest BCUT2D eigenvalue weighted by atomic mass is 10.1. The van der Waals surface area contributed by atoms with Crippen molar-refractivity contribution >= 4 is 0 Å². The maximum absolute atomic E-state index is 5.82. The van der Waals surface area contributed by atoms with Crippen LogP contribution in [0, 0.1) is 0 Å². The molecule has 20 heavy (non-hydrogen) atoms. The number of para-hydroxylation sites is 1. The predicted molar refractivity (Wildman–Crippen MR) is 83.3 cm³/mol. The molecule has 1 aromatic carbocycles. The van der Waals surface area contributed by atoms with Crippen LogP contribution in [0.4, 0.5) is 0 Å². The van der Waals surface area contributed by atoms with Gasteiger partial charge in [-0.2, -0.15) is 0 Å². The molecule has 0 saturated carbocycles. The van der Waals surface area contributed by atoms with Crippen LogP contribution in [-0.4, -0.2) is 6.61 Å². The maximum Gasteiger partial charge on any atom is 0.168 e. The summed E-state index contributed by atoms with van der Waals surface area (Å²) >= 11 is 0. The van der Waals surface area contributed by atoms with Crippen molar-refractivity contribution in [3.05, 3.63) is 47.2 Å². The Labute approximate surface area is 122 Å². The Balaban J connectivity index is 1.98. The molecule has 0 N–H and O–H groups in total. The summed E-state index contributed by atoms with van der Waals surface area (Å²) in [6, 6.07) is 6.13. The summed E-state index contributed by atoms with van der Waals surface area (Å²) in [4.78, 5) is 0. The first-order valence-corrected chi connectivity index (χ1v) is 7.37. The second kappa shape index (κ2) is 7.18. The molecule has 2 heteroatoms. The topological polar surface area (TPSA) is 18.5 Å². The number of hydrogen-bond donors (Lipinski definition) is 0. The van der Waals surface area contributed by atoms with E-state index in [2.05, 4.69) is 32.9 Å². The third-order valence-electron chi connectivity index (χ3n) is 3.38. The van der Waals surface area contributed by atoms with E-state index in [1.54, 1.807) is 0 Å². The smallest absolute Gasteiger partial charge is 0.168 e. The van der Waals surface area contributed by atoms with Crippen molar-refractivity contribution in [3.8, 4) is 11.5 Å². The van der Waals surface area contributed by atoms with Gasteiger partial charge in [-0.25, -0.2) is 0 Å². The van der Waals surface area contributed by atoms with Gasteiger partial charge in [0.1, 0.15) is 0 Å². The van der Waals surface area contributed by atoms with Gasteiger partial charge in [-0.1, -0.05) is 23.8 Å². The molecular weight excluding hydrogens is 248 g/mol. The Morgan fingerprint density at radius 2 is 2.15 bits per heavy atom. The molecule has 1 aliphatic rings. The van der Waals surface area contributed by atoms with Gasteiger partial charge in [-0.3, -0.25) is 0 Å². The third kappa shape index (κ3) is 4.16. The lowest BCUT2D eigenvalue weighted by Gasteiger charge is -2.19. The standard InChI is InChI=1S/C18H24O2/c1-14(2)7-4-8-15(3)13-20-17-11-5-9-16-10-6-12-19-18(16)17/h5,7,9,11,13H,4,6,8,10,12H2,1-3H3/b15-13+. The molecule has 0 saturated heterocycles. The highest BCUT2D eigenvalue weighted by molar-refractivity contribution is 5.47. The second-order valence-electron chi connectivity index (χ2n) is 5.60. The molecule has 1 heterocycles. The van der Waals surface area contributed by atoms with E-state index in [9.17, 15) is 0 Å². The van der Waals surface area contributed by atoms with Gasteiger partial charge in [0.2, 0.25) is 0 Å². The maximum atomic E-state index is 5.82. The number of hydrogen-bond acceptors (Lipinski definition) is 2.